The summed E-state index contributed by atoms with van der Waals surface area (Å²) in [5.74, 6) is -4.62. The first-order valence-corrected chi connectivity index (χ1v) is 12.5. The van der Waals surface area contributed by atoms with Crippen molar-refractivity contribution in [1.29, 1.82) is 0 Å². The number of aliphatic carboxylic acids is 2. The maximum absolute atomic E-state index is 12.3. The lowest BCUT2D eigenvalue weighted by atomic mass is 9.99. The van der Waals surface area contributed by atoms with E-state index in [-0.39, 0.29) is 37.4 Å². The summed E-state index contributed by atoms with van der Waals surface area (Å²) >= 11 is 0. The first kappa shape index (κ1) is 34.4. The third-order valence-corrected chi connectivity index (χ3v) is 5.11. The monoisotopic (exact) mass is 582 g/mol. The van der Waals surface area contributed by atoms with E-state index in [4.69, 9.17) is 9.90 Å². The predicted octanol–water partition coefficient (Wildman–Crippen LogP) is 3.22. The number of nitrogens with one attached hydrogen (secondary N) is 4. The largest absolute Gasteiger partial charge is 0.490 e. The molecule has 0 aliphatic rings. The molecule has 0 saturated carbocycles. The summed E-state index contributed by atoms with van der Waals surface area (Å²) in [4.78, 5) is 56.0. The van der Waals surface area contributed by atoms with E-state index < -0.39 is 30.1 Å². The van der Waals surface area contributed by atoms with E-state index in [1.807, 2.05) is 56.3 Å². The molecule has 6 N–H and O–H groups in total. The van der Waals surface area contributed by atoms with E-state index >= 15 is 0 Å². The first-order chi connectivity index (χ1) is 19.2. The molecule has 1 atom stereocenters. The second-order valence-corrected chi connectivity index (χ2v) is 8.94. The van der Waals surface area contributed by atoms with E-state index in [0.717, 1.165) is 11.1 Å². The average molecular weight is 583 g/mol. The van der Waals surface area contributed by atoms with Crippen LogP contribution in [0.2, 0.25) is 0 Å². The molecule has 0 bridgehead atoms. The van der Waals surface area contributed by atoms with Crippen LogP contribution in [0.25, 0.3) is 11.1 Å². The zero-order valence-corrected chi connectivity index (χ0v) is 22.5. The topological polar surface area (TPSA) is 174 Å². The van der Waals surface area contributed by atoms with Gasteiger partial charge in [-0.2, -0.15) is 13.2 Å². The number of hydrogen-bond acceptors (Lipinski definition) is 5. The van der Waals surface area contributed by atoms with E-state index in [1.54, 1.807) is 12.1 Å². The summed E-state index contributed by atoms with van der Waals surface area (Å²) in [5.41, 5.74) is 2.67. The Bertz CT molecular complexity index is 1160. The highest BCUT2D eigenvalue weighted by Gasteiger charge is 2.38. The predicted molar refractivity (Wildman–Crippen MR) is 143 cm³/mol. The minimum atomic E-state index is -5.08. The molecule has 2 aromatic rings. The number of hydrogen-bond donors (Lipinski definition) is 6. The molecule has 2 aromatic carbocycles. The van der Waals surface area contributed by atoms with Crippen molar-refractivity contribution in [2.24, 2.45) is 0 Å². The van der Waals surface area contributed by atoms with Crippen LogP contribution in [-0.4, -0.2) is 65.3 Å². The van der Waals surface area contributed by atoms with Crippen LogP contribution < -0.4 is 21.3 Å². The van der Waals surface area contributed by atoms with Crippen molar-refractivity contribution >= 4 is 29.8 Å². The van der Waals surface area contributed by atoms with Gasteiger partial charge < -0.3 is 31.5 Å². The lowest BCUT2D eigenvalue weighted by molar-refractivity contribution is -0.192. The molecule has 0 heterocycles. The molecule has 11 nitrogen and oxygen atoms in total. The molecule has 0 aliphatic carbocycles. The number of urea groups is 1. The van der Waals surface area contributed by atoms with E-state index in [2.05, 4.69) is 21.3 Å². The van der Waals surface area contributed by atoms with Crippen molar-refractivity contribution in [3.63, 3.8) is 0 Å². The number of amides is 4. The van der Waals surface area contributed by atoms with Crippen LogP contribution in [0.4, 0.5) is 18.0 Å². The lowest BCUT2D eigenvalue weighted by Gasteiger charge is -2.18. The Labute approximate surface area is 234 Å². The fourth-order valence-corrected chi connectivity index (χ4v) is 3.24. The molecule has 0 spiro atoms. The summed E-state index contributed by atoms with van der Waals surface area (Å²) < 4.78 is 31.7. The molecule has 0 aromatic heterocycles. The Hall–Kier alpha value is -4.62. The second kappa shape index (κ2) is 17.2. The highest BCUT2D eigenvalue weighted by molar-refractivity contribution is 5.85. The van der Waals surface area contributed by atoms with Crippen LogP contribution in [0, 0.1) is 0 Å². The molecule has 0 saturated heterocycles. The maximum atomic E-state index is 12.3. The molecule has 41 heavy (non-hydrogen) atoms. The fourth-order valence-electron chi connectivity index (χ4n) is 3.24. The number of carbonyl (C=O) groups excluding carboxylic acids is 3. The van der Waals surface area contributed by atoms with E-state index in [0.29, 0.717) is 18.5 Å². The standard InChI is InChI=1S/C25H32N4O5.C2HF3O2/c1-17(2)28-25(34)26-14-6-9-22(30)27-16-23(31)29-21(15-24(32)33)20-12-10-19(11-13-20)18-7-4-3-5-8-18;3-2(4,5)1(6)7/h3-5,7-8,10-13,17,21H,6,9,14-16H2,1-2H3,(H,27,30)(H,29,31)(H,32,33)(H2,26,28,34);(H,6,7). The Morgan fingerprint density at radius 1 is 0.805 bits per heavy atom. The molecule has 2 rings (SSSR count). The zero-order chi connectivity index (χ0) is 31.0. The van der Waals surface area contributed by atoms with E-state index in [1.165, 1.54) is 0 Å². The highest BCUT2D eigenvalue weighted by atomic mass is 19.4. The van der Waals surface area contributed by atoms with Crippen molar-refractivity contribution in [3.8, 4) is 11.1 Å². The van der Waals surface area contributed by atoms with Gasteiger partial charge in [-0.1, -0.05) is 54.6 Å². The van der Waals surface area contributed by atoms with Crippen molar-refractivity contribution in [1.82, 2.24) is 21.3 Å². The molecule has 0 radical (unpaired) electrons. The number of benzene rings is 2. The Morgan fingerprint density at radius 3 is 1.88 bits per heavy atom. The zero-order valence-electron chi connectivity index (χ0n) is 22.5. The van der Waals surface area contributed by atoms with Gasteiger partial charge in [-0.05, 0) is 37.0 Å². The number of rotatable bonds is 12. The van der Waals surface area contributed by atoms with Gasteiger partial charge in [0, 0.05) is 19.0 Å². The van der Waals surface area contributed by atoms with Crippen LogP contribution in [0.15, 0.2) is 54.6 Å². The van der Waals surface area contributed by atoms with Gasteiger partial charge in [0.05, 0.1) is 19.0 Å². The molecule has 1 unspecified atom stereocenters. The smallest absolute Gasteiger partial charge is 0.481 e. The van der Waals surface area contributed by atoms with Crippen LogP contribution in [0.1, 0.15) is 44.7 Å². The number of halogens is 3. The Morgan fingerprint density at radius 2 is 1.37 bits per heavy atom. The molecular weight excluding hydrogens is 549 g/mol. The van der Waals surface area contributed by atoms with Crippen LogP contribution in [-0.2, 0) is 19.2 Å². The van der Waals surface area contributed by atoms with Gasteiger partial charge in [0.25, 0.3) is 0 Å². The average Bonchev–Trinajstić information content (AvgIpc) is 2.89. The molecule has 0 fully saturated rings. The number of carboxylic acids is 2. The number of carboxylic acid groups (broad SMARTS) is 2. The Balaban J connectivity index is 0.00000106. The minimum absolute atomic E-state index is 0.0218. The molecular formula is C27H33F3N4O7. The van der Waals surface area contributed by atoms with Gasteiger partial charge in [0.1, 0.15) is 0 Å². The van der Waals surface area contributed by atoms with Crippen molar-refractivity contribution in [2.75, 3.05) is 13.1 Å². The molecule has 14 heteroatoms. The lowest BCUT2D eigenvalue weighted by Crippen LogP contribution is -2.40. The SMILES string of the molecule is CC(C)NC(=O)NCCCC(=O)NCC(=O)NC(CC(=O)O)c1ccc(-c2ccccc2)cc1.O=C(O)C(F)(F)F. The van der Waals surface area contributed by atoms with Gasteiger partial charge >= 0.3 is 24.1 Å². The number of carbonyl (C=O) groups is 5. The van der Waals surface area contributed by atoms with Crippen LogP contribution in [0.3, 0.4) is 0 Å². The van der Waals surface area contributed by atoms with Gasteiger partial charge in [0.2, 0.25) is 11.8 Å². The van der Waals surface area contributed by atoms with Crippen LogP contribution in [0.5, 0.6) is 0 Å². The maximum Gasteiger partial charge on any atom is 0.490 e. The third kappa shape index (κ3) is 14.9. The Kier molecular flexibility index (Phi) is 14.4. The van der Waals surface area contributed by atoms with E-state index in [9.17, 15) is 37.5 Å². The third-order valence-electron chi connectivity index (χ3n) is 5.11. The number of alkyl halides is 3. The minimum Gasteiger partial charge on any atom is -0.481 e. The fraction of sp³-hybridized carbons (Fsp3) is 0.370. The van der Waals surface area contributed by atoms with Crippen LogP contribution >= 0.6 is 0 Å². The normalized spacial score (nSPS) is 11.4. The summed E-state index contributed by atoms with van der Waals surface area (Å²) in [6.07, 6.45) is -4.79. The van der Waals surface area contributed by atoms with Gasteiger partial charge in [0.15, 0.2) is 0 Å². The first-order valence-electron chi connectivity index (χ1n) is 12.5. The van der Waals surface area contributed by atoms with Gasteiger partial charge in [-0.3, -0.25) is 14.4 Å². The quantitative estimate of drug-likeness (QED) is 0.208. The summed E-state index contributed by atoms with van der Waals surface area (Å²) in [6, 6.07) is 16.1. The summed E-state index contributed by atoms with van der Waals surface area (Å²) in [7, 11) is 0. The second-order valence-electron chi connectivity index (χ2n) is 8.94. The van der Waals surface area contributed by atoms with Gasteiger partial charge in [-0.25, -0.2) is 9.59 Å². The van der Waals surface area contributed by atoms with Gasteiger partial charge in [-0.15, -0.1) is 0 Å². The molecule has 4 amide bonds. The van der Waals surface area contributed by atoms with Crippen molar-refractivity contribution in [3.05, 3.63) is 60.2 Å². The molecule has 224 valence electrons. The van der Waals surface area contributed by atoms with Crippen molar-refractivity contribution in [2.45, 2.75) is 51.4 Å². The highest BCUT2D eigenvalue weighted by Crippen LogP contribution is 2.23. The van der Waals surface area contributed by atoms with Crippen molar-refractivity contribution < 1.29 is 47.4 Å². The molecule has 0 aliphatic heterocycles. The summed E-state index contributed by atoms with van der Waals surface area (Å²) in [5, 5.41) is 26.9. The summed E-state index contributed by atoms with van der Waals surface area (Å²) in [6.45, 7) is 3.76.